The van der Waals surface area contributed by atoms with E-state index in [9.17, 15) is 9.59 Å². The molecule has 2 heterocycles. The molecule has 6 heteroatoms. The summed E-state index contributed by atoms with van der Waals surface area (Å²) in [4.78, 5) is 31.4. The van der Waals surface area contributed by atoms with Crippen molar-refractivity contribution in [3.8, 4) is 5.75 Å². The Bertz CT molecular complexity index is 857. The van der Waals surface area contributed by atoms with Crippen molar-refractivity contribution >= 4 is 38.5 Å². The Hall–Kier alpha value is -2.21. The van der Waals surface area contributed by atoms with Crippen LogP contribution in [0.1, 0.15) is 6.42 Å². The SMILES string of the molecule is COc1ccc2nc(N3C(=O)C4C5C=CC(C5)C4C3=O)sc2c1. The summed E-state index contributed by atoms with van der Waals surface area (Å²) >= 11 is 1.37. The van der Waals surface area contributed by atoms with Crippen molar-refractivity contribution in [3.05, 3.63) is 30.4 Å². The molecule has 2 aromatic rings. The average molecular weight is 326 g/mol. The molecular weight excluding hydrogens is 312 g/mol. The molecule has 2 bridgehead atoms. The van der Waals surface area contributed by atoms with Gasteiger partial charge in [-0.3, -0.25) is 9.59 Å². The summed E-state index contributed by atoms with van der Waals surface area (Å²) in [6.07, 6.45) is 5.14. The molecule has 116 valence electrons. The number of fused-ring (bicyclic) bond motifs is 6. The molecule has 2 fully saturated rings. The van der Waals surface area contributed by atoms with E-state index in [0.717, 1.165) is 22.4 Å². The van der Waals surface area contributed by atoms with Crippen LogP contribution in [0.4, 0.5) is 5.13 Å². The van der Waals surface area contributed by atoms with Gasteiger partial charge in [0.25, 0.3) is 0 Å². The third kappa shape index (κ3) is 1.64. The number of amides is 2. The van der Waals surface area contributed by atoms with Crippen LogP contribution in [0.25, 0.3) is 10.2 Å². The van der Waals surface area contributed by atoms with Gasteiger partial charge in [-0.15, -0.1) is 0 Å². The van der Waals surface area contributed by atoms with E-state index in [1.807, 2.05) is 18.2 Å². The first-order valence-corrected chi connectivity index (χ1v) is 8.50. The standard InChI is InChI=1S/C17H14N2O3S/c1-22-10-4-5-11-12(7-10)23-17(18-11)19-15(20)13-8-2-3-9(6-8)14(13)16(19)21/h2-5,7-9,13-14H,6H2,1H3. The lowest BCUT2D eigenvalue weighted by Gasteiger charge is -2.14. The fraction of sp³-hybridized carbons (Fsp3) is 0.353. The number of aromatic nitrogens is 1. The Morgan fingerprint density at radius 2 is 1.87 bits per heavy atom. The van der Waals surface area contributed by atoms with Crippen molar-refractivity contribution in [2.45, 2.75) is 6.42 Å². The molecule has 1 aliphatic heterocycles. The van der Waals surface area contributed by atoms with Crippen LogP contribution in [0, 0.1) is 23.7 Å². The Morgan fingerprint density at radius 3 is 2.52 bits per heavy atom. The molecule has 23 heavy (non-hydrogen) atoms. The third-order valence-electron chi connectivity index (χ3n) is 5.25. The number of allylic oxidation sites excluding steroid dienone is 2. The van der Waals surface area contributed by atoms with E-state index in [0.29, 0.717) is 5.13 Å². The minimum Gasteiger partial charge on any atom is -0.497 e. The van der Waals surface area contributed by atoms with Crippen LogP contribution in [0.2, 0.25) is 0 Å². The summed E-state index contributed by atoms with van der Waals surface area (Å²) < 4.78 is 6.13. The lowest BCUT2D eigenvalue weighted by atomic mass is 9.85. The lowest BCUT2D eigenvalue weighted by molar-refractivity contribution is -0.123. The highest BCUT2D eigenvalue weighted by molar-refractivity contribution is 7.22. The highest BCUT2D eigenvalue weighted by Crippen LogP contribution is 2.53. The van der Waals surface area contributed by atoms with E-state index in [-0.39, 0.29) is 35.5 Å². The molecule has 3 aliphatic rings. The molecule has 2 amide bonds. The fourth-order valence-corrected chi connectivity index (χ4v) is 5.21. The normalized spacial score (nSPS) is 31.4. The van der Waals surface area contributed by atoms with E-state index in [1.54, 1.807) is 7.11 Å². The van der Waals surface area contributed by atoms with Gasteiger partial charge < -0.3 is 4.74 Å². The molecule has 0 N–H and O–H groups in total. The van der Waals surface area contributed by atoms with Gasteiger partial charge in [0, 0.05) is 0 Å². The van der Waals surface area contributed by atoms with Crippen molar-refractivity contribution < 1.29 is 14.3 Å². The minimum absolute atomic E-state index is 0.0807. The molecule has 1 aromatic heterocycles. The molecule has 4 unspecified atom stereocenters. The van der Waals surface area contributed by atoms with Crippen LogP contribution >= 0.6 is 11.3 Å². The number of thiazole rings is 1. The molecule has 0 radical (unpaired) electrons. The van der Waals surface area contributed by atoms with Crippen LogP contribution < -0.4 is 9.64 Å². The van der Waals surface area contributed by atoms with Gasteiger partial charge in [0.2, 0.25) is 11.8 Å². The van der Waals surface area contributed by atoms with Gasteiger partial charge in [-0.05, 0) is 36.5 Å². The fourth-order valence-electron chi connectivity index (χ4n) is 4.21. The second-order valence-electron chi connectivity index (χ2n) is 6.34. The first-order chi connectivity index (χ1) is 11.2. The zero-order valence-electron chi connectivity index (χ0n) is 12.4. The maximum atomic E-state index is 12.8. The Balaban J connectivity index is 1.57. The number of nitrogens with zero attached hydrogens (tertiary/aromatic N) is 2. The number of hydrogen-bond donors (Lipinski definition) is 0. The van der Waals surface area contributed by atoms with Gasteiger partial charge in [0.05, 0.1) is 29.2 Å². The number of rotatable bonds is 2. The summed E-state index contributed by atoms with van der Waals surface area (Å²) in [6, 6.07) is 5.57. The minimum atomic E-state index is -0.181. The maximum Gasteiger partial charge on any atom is 0.240 e. The number of hydrogen-bond acceptors (Lipinski definition) is 5. The summed E-state index contributed by atoms with van der Waals surface area (Å²) in [5, 5.41) is 0.483. The van der Waals surface area contributed by atoms with Crippen LogP contribution in [0.15, 0.2) is 30.4 Å². The highest BCUT2D eigenvalue weighted by Gasteiger charge is 2.60. The van der Waals surface area contributed by atoms with Crippen molar-refractivity contribution in [2.75, 3.05) is 12.0 Å². The van der Waals surface area contributed by atoms with Crippen molar-refractivity contribution in [1.29, 1.82) is 0 Å². The zero-order chi connectivity index (χ0) is 15.7. The number of benzene rings is 1. The second kappa shape index (κ2) is 4.41. The van der Waals surface area contributed by atoms with Gasteiger partial charge in [-0.2, -0.15) is 0 Å². The summed E-state index contributed by atoms with van der Waals surface area (Å²) in [7, 11) is 1.61. The van der Waals surface area contributed by atoms with Gasteiger partial charge in [0.15, 0.2) is 5.13 Å². The van der Waals surface area contributed by atoms with E-state index in [2.05, 4.69) is 17.1 Å². The van der Waals surface area contributed by atoms with Crippen LogP contribution in [0.5, 0.6) is 5.75 Å². The van der Waals surface area contributed by atoms with E-state index < -0.39 is 0 Å². The smallest absolute Gasteiger partial charge is 0.240 e. The molecule has 1 saturated carbocycles. The summed E-state index contributed by atoms with van der Waals surface area (Å²) in [5.74, 6) is 0.663. The monoisotopic (exact) mass is 326 g/mol. The predicted octanol–water partition coefficient (Wildman–Crippen LogP) is 2.62. The molecule has 4 atom stereocenters. The molecule has 2 aliphatic carbocycles. The quantitative estimate of drug-likeness (QED) is 0.629. The molecule has 1 saturated heterocycles. The summed E-state index contributed by atoms with van der Waals surface area (Å²) in [6.45, 7) is 0. The Labute approximate surface area is 136 Å². The topological polar surface area (TPSA) is 59.5 Å². The molecule has 1 aromatic carbocycles. The number of anilines is 1. The molecular formula is C17H14N2O3S. The van der Waals surface area contributed by atoms with E-state index in [1.165, 1.54) is 16.2 Å². The second-order valence-corrected chi connectivity index (χ2v) is 7.35. The number of methoxy groups -OCH3 is 1. The van der Waals surface area contributed by atoms with Crippen LogP contribution in [0.3, 0.4) is 0 Å². The Kier molecular flexibility index (Phi) is 2.54. The van der Waals surface area contributed by atoms with Gasteiger partial charge in [0.1, 0.15) is 5.75 Å². The number of carbonyl (C=O) groups excluding carboxylic acids is 2. The van der Waals surface area contributed by atoms with Gasteiger partial charge in [-0.1, -0.05) is 23.5 Å². The first-order valence-electron chi connectivity index (χ1n) is 7.68. The average Bonchev–Trinajstić information content (AvgIpc) is 3.29. The zero-order valence-corrected chi connectivity index (χ0v) is 13.2. The van der Waals surface area contributed by atoms with E-state index >= 15 is 0 Å². The lowest BCUT2D eigenvalue weighted by Crippen LogP contribution is -2.32. The van der Waals surface area contributed by atoms with Crippen LogP contribution in [-0.4, -0.2) is 23.9 Å². The first kappa shape index (κ1) is 13.2. The van der Waals surface area contributed by atoms with Crippen molar-refractivity contribution in [2.24, 2.45) is 23.7 Å². The van der Waals surface area contributed by atoms with Crippen molar-refractivity contribution in [3.63, 3.8) is 0 Å². The highest BCUT2D eigenvalue weighted by atomic mass is 32.1. The summed E-state index contributed by atoms with van der Waals surface area (Å²) in [5.41, 5.74) is 0.782. The number of imide groups is 1. The largest absolute Gasteiger partial charge is 0.497 e. The van der Waals surface area contributed by atoms with Crippen molar-refractivity contribution in [1.82, 2.24) is 4.98 Å². The van der Waals surface area contributed by atoms with E-state index in [4.69, 9.17) is 4.74 Å². The number of ether oxygens (including phenoxy) is 1. The molecule has 5 rings (SSSR count). The molecule has 5 nitrogen and oxygen atoms in total. The molecule has 0 spiro atoms. The van der Waals surface area contributed by atoms with Gasteiger partial charge >= 0.3 is 0 Å². The third-order valence-corrected chi connectivity index (χ3v) is 6.25. The number of carbonyl (C=O) groups is 2. The predicted molar refractivity (Wildman–Crippen MR) is 86.4 cm³/mol. The Morgan fingerprint density at radius 1 is 1.17 bits per heavy atom. The van der Waals surface area contributed by atoms with Gasteiger partial charge in [-0.25, -0.2) is 9.88 Å². The maximum absolute atomic E-state index is 12.8. The van der Waals surface area contributed by atoms with Crippen LogP contribution in [-0.2, 0) is 9.59 Å².